The number of aliphatic hydroxyl groups is 1. The van der Waals surface area contributed by atoms with E-state index in [0.29, 0.717) is 0 Å². The van der Waals surface area contributed by atoms with E-state index < -0.39 is 21.5 Å². The van der Waals surface area contributed by atoms with Crippen molar-refractivity contribution in [2.24, 2.45) is 0 Å². The van der Waals surface area contributed by atoms with E-state index in [9.17, 15) is 13.2 Å². The average molecular weight is 394 g/mol. The summed E-state index contributed by atoms with van der Waals surface area (Å²) < 4.78 is 29.7. The van der Waals surface area contributed by atoms with Gasteiger partial charge in [-0.2, -0.15) is 24.6 Å². The van der Waals surface area contributed by atoms with Crippen LogP contribution in [0.25, 0.3) is 0 Å². The molecule has 16 heavy (non-hydrogen) atoms. The van der Waals surface area contributed by atoms with Gasteiger partial charge in [0.15, 0.2) is 0 Å². The Labute approximate surface area is 118 Å². The van der Waals surface area contributed by atoms with Crippen LogP contribution in [0, 0.1) is 6.92 Å². The van der Waals surface area contributed by atoms with Crippen LogP contribution in [-0.4, -0.2) is 11.5 Å². The molecule has 8 heteroatoms. The van der Waals surface area contributed by atoms with Gasteiger partial charge < -0.3 is 5.11 Å². The zero-order valence-electron chi connectivity index (χ0n) is 8.05. The van der Waals surface area contributed by atoms with Crippen LogP contribution in [0.1, 0.15) is 5.56 Å². The number of hydrogen-bond donors (Lipinski definition) is 1. The number of halogens is 6. The summed E-state index contributed by atoms with van der Waals surface area (Å²) in [4.78, 5) is 0. The molecular formula is C8H9BrCl2F3OZn-. The Morgan fingerprint density at radius 2 is 1.38 bits per heavy atom. The fraction of sp³-hybridized carbons (Fsp3) is 0.125. The van der Waals surface area contributed by atoms with Gasteiger partial charge in [0.05, 0.1) is 0 Å². The van der Waals surface area contributed by atoms with E-state index in [0.717, 1.165) is 5.56 Å². The molecule has 0 aromatic heterocycles. The van der Waals surface area contributed by atoms with E-state index in [-0.39, 0.29) is 17.0 Å². The molecule has 0 spiro atoms. The molecule has 0 unspecified atom stereocenters. The van der Waals surface area contributed by atoms with Crippen LogP contribution >= 0.6 is 36.4 Å². The molecule has 1 nitrogen and oxygen atoms in total. The number of rotatable bonds is 0. The molecule has 0 aliphatic heterocycles. The summed E-state index contributed by atoms with van der Waals surface area (Å²) in [6.45, 7) is 3.72. The second-order valence-electron chi connectivity index (χ2n) is 2.05. The molecule has 0 heterocycles. The van der Waals surface area contributed by atoms with E-state index in [1.165, 1.54) is 0 Å². The summed E-state index contributed by atoms with van der Waals surface area (Å²) in [5.74, 6) is 0. The van der Waals surface area contributed by atoms with Crippen LogP contribution < -0.4 is 0 Å². The van der Waals surface area contributed by atoms with Crippen molar-refractivity contribution in [1.29, 1.82) is 0 Å². The van der Waals surface area contributed by atoms with Gasteiger partial charge in [0.2, 0.25) is 0 Å². The first kappa shape index (κ1) is 21.8. The van der Waals surface area contributed by atoms with Crippen LogP contribution in [0.15, 0.2) is 30.3 Å². The number of hydrogen-bond acceptors (Lipinski definition) is 1. The van der Waals surface area contributed by atoms with Gasteiger partial charge in [-0.3, -0.25) is 0 Å². The maximum absolute atomic E-state index is 9.91. The fourth-order valence-electron chi connectivity index (χ4n) is 0.478. The summed E-state index contributed by atoms with van der Waals surface area (Å²) in [5.41, 5.74) is 1.07. The fourth-order valence-corrected chi connectivity index (χ4v) is 0.478. The molecule has 1 N–H and O–H groups in total. The molecule has 0 saturated heterocycles. The minimum atomic E-state index is -5.00. The molecule has 0 bridgehead atoms. The third-order valence-corrected chi connectivity index (χ3v) is 0.843. The zero-order valence-corrected chi connectivity index (χ0v) is 14.2. The molecule has 0 fully saturated rings. The van der Waals surface area contributed by atoms with Crippen LogP contribution in [-0.2, 0) is 15.1 Å². The minimum absolute atomic E-state index is 0. The molecule has 1 aromatic rings. The third-order valence-electron chi connectivity index (χ3n) is 0.843. The van der Waals surface area contributed by atoms with E-state index in [1.54, 1.807) is 0 Å². The third kappa shape index (κ3) is 36.6. The number of benzene rings is 1. The average Bonchev–Trinajstić information content (AvgIpc) is 2.03. The van der Waals surface area contributed by atoms with Crippen LogP contribution in [0.3, 0.4) is 0 Å². The Bertz CT molecular complexity index is 230. The topological polar surface area (TPSA) is 20.2 Å². The Morgan fingerprint density at radius 3 is 1.50 bits per heavy atom. The van der Waals surface area contributed by atoms with E-state index >= 15 is 0 Å². The summed E-state index contributed by atoms with van der Waals surface area (Å²) in [6.07, 6.45) is -5.00. The Hall–Kier alpha value is 0.523. The van der Waals surface area contributed by atoms with Gasteiger partial charge in [-0.1, -0.05) is 6.07 Å². The van der Waals surface area contributed by atoms with Crippen LogP contribution in [0.5, 0.6) is 0 Å². The first-order valence-electron chi connectivity index (χ1n) is 3.59. The molecule has 0 aliphatic rings. The monoisotopic (exact) mass is 391 g/mol. The van der Waals surface area contributed by atoms with E-state index in [2.05, 4.69) is 6.92 Å². The van der Waals surface area contributed by atoms with Gasteiger partial charge in [0.25, 0.3) is 0 Å². The summed E-state index contributed by atoms with van der Waals surface area (Å²) >= 11 is -0.931. The van der Waals surface area contributed by atoms with Crippen molar-refractivity contribution in [2.45, 2.75) is 6.36 Å². The van der Waals surface area contributed by atoms with Crippen molar-refractivity contribution in [3.63, 3.8) is 0 Å². The predicted molar refractivity (Wildman–Crippen MR) is 61.2 cm³/mol. The molecule has 1 aromatic carbocycles. The molecule has 1 rings (SSSR count). The van der Waals surface area contributed by atoms with Gasteiger partial charge in [-0.05, 0) is 0 Å². The van der Waals surface area contributed by atoms with E-state index in [4.69, 9.17) is 24.5 Å². The van der Waals surface area contributed by atoms with Gasteiger partial charge in [0, 0.05) is 0 Å². The molecule has 0 amide bonds. The Balaban J connectivity index is -0.000000168. The Morgan fingerprint density at radius 1 is 1.12 bits per heavy atom. The predicted octanol–water partition coefficient (Wildman–Crippen LogP) is 4.32. The van der Waals surface area contributed by atoms with Crippen molar-refractivity contribution in [3.8, 4) is 0 Å². The molecule has 0 atom stereocenters. The van der Waals surface area contributed by atoms with Crippen molar-refractivity contribution in [3.05, 3.63) is 42.8 Å². The summed E-state index contributed by atoms with van der Waals surface area (Å²) in [6, 6.07) is 9.87. The van der Waals surface area contributed by atoms with Crippen molar-refractivity contribution >= 4 is 36.4 Å². The molecule has 0 saturated carbocycles. The van der Waals surface area contributed by atoms with Crippen LogP contribution in [0.2, 0.25) is 0 Å². The quantitative estimate of drug-likeness (QED) is 0.513. The van der Waals surface area contributed by atoms with Gasteiger partial charge in [0.1, 0.15) is 0 Å². The number of alkyl halides is 3. The van der Waals surface area contributed by atoms with Crippen molar-refractivity contribution in [1.82, 2.24) is 0 Å². The second kappa shape index (κ2) is 13.6. The zero-order chi connectivity index (χ0) is 12.3. The first-order chi connectivity index (χ1) is 6.81. The summed E-state index contributed by atoms with van der Waals surface area (Å²) in [7, 11) is 9.90. The van der Waals surface area contributed by atoms with Gasteiger partial charge in [-0.15, -0.1) is 42.3 Å². The molecule has 92 valence electrons. The molecular weight excluding hydrogens is 385 g/mol. The van der Waals surface area contributed by atoms with Crippen molar-refractivity contribution < 1.29 is 33.4 Å². The van der Waals surface area contributed by atoms with E-state index in [1.807, 2.05) is 30.3 Å². The molecule has 0 aliphatic carbocycles. The van der Waals surface area contributed by atoms with Crippen molar-refractivity contribution in [2.75, 3.05) is 0 Å². The normalized spacial score (nSPS) is 8.12. The standard InChI is InChI=1S/C7H7.CHF3O.BrH.2ClH.Zn/c1-7-5-3-2-4-6-7;2-1(3,4)5;;;;/h2-6H,1H2;5H;3*1H;/q-1;;;;;+2/p-2. The van der Waals surface area contributed by atoms with Crippen LogP contribution in [0.4, 0.5) is 13.2 Å². The molecule has 0 radical (unpaired) electrons. The Kier molecular flexibility index (Phi) is 18.5. The van der Waals surface area contributed by atoms with Gasteiger partial charge >= 0.3 is 40.9 Å². The van der Waals surface area contributed by atoms with Gasteiger partial charge in [-0.25, -0.2) is 0 Å². The second-order valence-corrected chi connectivity index (χ2v) is 6.68. The SMILES string of the molecule is Br.OC(F)(F)F.[CH2-]c1ccccc1.[Cl][Zn][Cl]. The maximum atomic E-state index is 9.91. The summed E-state index contributed by atoms with van der Waals surface area (Å²) in [5, 5.41) is 6.52. The first-order valence-corrected chi connectivity index (χ1v) is 11.4.